The number of hydrogen-bond donors (Lipinski definition) is 0. The summed E-state index contributed by atoms with van der Waals surface area (Å²) in [7, 11) is 0. The molecule has 0 radical (unpaired) electrons. The Morgan fingerprint density at radius 3 is 2.12 bits per heavy atom. The van der Waals surface area contributed by atoms with Crippen LogP contribution >= 0.6 is 0 Å². The van der Waals surface area contributed by atoms with Gasteiger partial charge in [0.25, 0.3) is 0 Å². The normalized spacial score (nSPS) is 10.8. The molecule has 2 heterocycles. The highest BCUT2D eigenvalue weighted by molar-refractivity contribution is 5.42. The molecule has 0 atom stereocenters. The lowest BCUT2D eigenvalue weighted by molar-refractivity contribution is 0.833. The summed E-state index contributed by atoms with van der Waals surface area (Å²) >= 11 is 0. The van der Waals surface area contributed by atoms with Crippen LogP contribution in [0.4, 0.5) is 0 Å². The number of imidazole rings is 1. The average molecular weight is 232 g/mol. The molecule has 0 N–H and O–H groups in total. The molecule has 2 rings (SSSR count). The molecule has 0 bridgehead atoms. The van der Waals surface area contributed by atoms with Crippen LogP contribution in [-0.2, 0) is 0 Å². The fraction of sp³-hybridized carbons (Fsp3) is 0.533. The Morgan fingerprint density at radius 2 is 1.59 bits per heavy atom. The third-order valence-electron chi connectivity index (χ3n) is 2.75. The molecule has 0 fully saturated rings. The van der Waals surface area contributed by atoms with Crippen molar-refractivity contribution in [1.29, 1.82) is 0 Å². The molecule has 0 aliphatic heterocycles. The lowest BCUT2D eigenvalue weighted by Gasteiger charge is -2.04. The zero-order chi connectivity index (χ0) is 13.0. The van der Waals surface area contributed by atoms with Crippen LogP contribution in [-0.4, -0.2) is 9.38 Å². The van der Waals surface area contributed by atoms with Gasteiger partial charge in [-0.25, -0.2) is 4.98 Å². The van der Waals surface area contributed by atoms with E-state index in [0.717, 1.165) is 11.3 Å². The SMILES string of the molecule is CC.CC(C)c1ccc2nc(C(C)C)cn2c1. The number of nitrogens with zero attached hydrogens (tertiary/aromatic N) is 2. The Morgan fingerprint density at radius 1 is 0.941 bits per heavy atom. The minimum absolute atomic E-state index is 0.493. The monoisotopic (exact) mass is 232 g/mol. The van der Waals surface area contributed by atoms with Crippen molar-refractivity contribution < 1.29 is 0 Å². The Kier molecular flexibility index (Phi) is 4.73. The van der Waals surface area contributed by atoms with Crippen LogP contribution in [0.2, 0.25) is 0 Å². The van der Waals surface area contributed by atoms with E-state index in [1.807, 2.05) is 13.8 Å². The van der Waals surface area contributed by atoms with Gasteiger partial charge in [-0.3, -0.25) is 0 Å². The maximum Gasteiger partial charge on any atom is 0.136 e. The zero-order valence-electron chi connectivity index (χ0n) is 11.9. The van der Waals surface area contributed by atoms with Crippen LogP contribution in [0.15, 0.2) is 24.5 Å². The molecule has 0 aliphatic rings. The first kappa shape index (κ1) is 13.8. The van der Waals surface area contributed by atoms with Gasteiger partial charge in [-0.05, 0) is 23.5 Å². The van der Waals surface area contributed by atoms with Crippen LogP contribution in [0, 0.1) is 0 Å². The van der Waals surface area contributed by atoms with Crippen molar-refractivity contribution in [1.82, 2.24) is 9.38 Å². The molecule has 0 unspecified atom stereocenters. The molecule has 0 amide bonds. The predicted octanol–water partition coefficient (Wildman–Crippen LogP) is 4.61. The third kappa shape index (κ3) is 3.09. The molecule has 17 heavy (non-hydrogen) atoms. The van der Waals surface area contributed by atoms with Gasteiger partial charge >= 0.3 is 0 Å². The molecule has 0 saturated carbocycles. The molecule has 94 valence electrons. The van der Waals surface area contributed by atoms with Gasteiger partial charge in [0.2, 0.25) is 0 Å². The highest BCUT2D eigenvalue weighted by Gasteiger charge is 2.06. The van der Waals surface area contributed by atoms with Gasteiger partial charge in [-0.15, -0.1) is 0 Å². The standard InChI is InChI=1S/C13H18N2.C2H6/c1-9(2)11-5-6-13-14-12(10(3)4)8-15(13)7-11;1-2/h5-10H,1-4H3;1-2H3. The quantitative estimate of drug-likeness (QED) is 0.739. The number of rotatable bonds is 2. The van der Waals surface area contributed by atoms with Gasteiger partial charge in [0, 0.05) is 12.4 Å². The minimum Gasteiger partial charge on any atom is -0.307 e. The topological polar surface area (TPSA) is 17.3 Å². The van der Waals surface area contributed by atoms with Crippen molar-refractivity contribution in [2.45, 2.75) is 53.4 Å². The first-order valence-electron chi connectivity index (χ1n) is 6.56. The number of aromatic nitrogens is 2. The predicted molar refractivity (Wildman–Crippen MR) is 74.7 cm³/mol. The molecular formula is C15H24N2. The summed E-state index contributed by atoms with van der Waals surface area (Å²) in [6.45, 7) is 12.8. The van der Waals surface area contributed by atoms with Crippen molar-refractivity contribution in [3.8, 4) is 0 Å². The molecule has 2 aromatic rings. The molecule has 2 aromatic heterocycles. The van der Waals surface area contributed by atoms with Gasteiger partial charge in [-0.1, -0.05) is 47.6 Å². The number of hydrogen-bond acceptors (Lipinski definition) is 1. The van der Waals surface area contributed by atoms with E-state index in [9.17, 15) is 0 Å². The van der Waals surface area contributed by atoms with Crippen LogP contribution in [0.5, 0.6) is 0 Å². The average Bonchev–Trinajstić information content (AvgIpc) is 2.74. The second kappa shape index (κ2) is 5.85. The largest absolute Gasteiger partial charge is 0.307 e. The molecule has 2 heteroatoms. The van der Waals surface area contributed by atoms with Crippen LogP contribution < -0.4 is 0 Å². The highest BCUT2D eigenvalue weighted by atomic mass is 15.0. The van der Waals surface area contributed by atoms with Crippen LogP contribution in [0.25, 0.3) is 5.65 Å². The Balaban J connectivity index is 0.000000686. The van der Waals surface area contributed by atoms with Gasteiger partial charge in [0.05, 0.1) is 5.69 Å². The molecule has 0 spiro atoms. The summed E-state index contributed by atoms with van der Waals surface area (Å²) in [4.78, 5) is 4.58. The zero-order valence-corrected chi connectivity index (χ0v) is 11.9. The molecular weight excluding hydrogens is 208 g/mol. The smallest absolute Gasteiger partial charge is 0.136 e. The maximum absolute atomic E-state index is 4.58. The summed E-state index contributed by atoms with van der Waals surface area (Å²) in [6.07, 6.45) is 4.31. The molecule has 0 saturated heterocycles. The lowest BCUT2D eigenvalue weighted by Crippen LogP contribution is -1.91. The van der Waals surface area contributed by atoms with E-state index in [4.69, 9.17) is 0 Å². The summed E-state index contributed by atoms with van der Waals surface area (Å²) in [5, 5.41) is 0. The van der Waals surface area contributed by atoms with E-state index in [1.165, 1.54) is 5.56 Å². The van der Waals surface area contributed by atoms with E-state index < -0.39 is 0 Å². The maximum atomic E-state index is 4.58. The van der Waals surface area contributed by atoms with Crippen LogP contribution in [0.3, 0.4) is 0 Å². The van der Waals surface area contributed by atoms with Crippen molar-refractivity contribution in [2.24, 2.45) is 0 Å². The first-order chi connectivity index (χ1) is 8.08. The van der Waals surface area contributed by atoms with Crippen molar-refractivity contribution in [2.75, 3.05) is 0 Å². The summed E-state index contributed by atoms with van der Waals surface area (Å²) in [5.41, 5.74) is 3.56. The first-order valence-corrected chi connectivity index (χ1v) is 6.56. The van der Waals surface area contributed by atoms with Gasteiger partial charge in [0.1, 0.15) is 5.65 Å². The van der Waals surface area contributed by atoms with E-state index in [-0.39, 0.29) is 0 Å². The lowest BCUT2D eigenvalue weighted by atomic mass is 10.1. The Hall–Kier alpha value is -1.31. The fourth-order valence-corrected chi connectivity index (χ4v) is 1.65. The van der Waals surface area contributed by atoms with Crippen molar-refractivity contribution in [3.63, 3.8) is 0 Å². The Labute approximate surface area is 105 Å². The van der Waals surface area contributed by atoms with Gasteiger partial charge in [0.15, 0.2) is 0 Å². The summed E-state index contributed by atoms with van der Waals surface area (Å²) < 4.78 is 2.13. The van der Waals surface area contributed by atoms with Gasteiger partial charge < -0.3 is 4.40 Å². The second-order valence-electron chi connectivity index (χ2n) is 4.70. The van der Waals surface area contributed by atoms with E-state index in [0.29, 0.717) is 11.8 Å². The third-order valence-corrected chi connectivity index (χ3v) is 2.75. The van der Waals surface area contributed by atoms with Crippen LogP contribution in [0.1, 0.15) is 64.6 Å². The highest BCUT2D eigenvalue weighted by Crippen LogP contribution is 2.18. The Bertz CT molecular complexity index is 461. The fourth-order valence-electron chi connectivity index (χ4n) is 1.65. The summed E-state index contributed by atoms with van der Waals surface area (Å²) in [6, 6.07) is 4.26. The number of pyridine rings is 1. The molecule has 2 nitrogen and oxygen atoms in total. The molecule has 0 aliphatic carbocycles. The molecule has 0 aromatic carbocycles. The minimum atomic E-state index is 0.493. The van der Waals surface area contributed by atoms with E-state index in [2.05, 4.69) is 61.6 Å². The van der Waals surface area contributed by atoms with Crippen molar-refractivity contribution in [3.05, 3.63) is 35.8 Å². The van der Waals surface area contributed by atoms with Crippen molar-refractivity contribution >= 4 is 5.65 Å². The number of fused-ring (bicyclic) bond motifs is 1. The second-order valence-corrected chi connectivity index (χ2v) is 4.70. The van der Waals surface area contributed by atoms with Gasteiger partial charge in [-0.2, -0.15) is 0 Å². The van der Waals surface area contributed by atoms with E-state index >= 15 is 0 Å². The van der Waals surface area contributed by atoms with E-state index in [1.54, 1.807) is 0 Å². The summed E-state index contributed by atoms with van der Waals surface area (Å²) in [5.74, 6) is 1.06.